The lowest BCUT2D eigenvalue weighted by Crippen LogP contribution is -2.41. The largest absolute Gasteiger partial charge is 0.328 e. The van der Waals surface area contributed by atoms with Crippen molar-refractivity contribution in [3.63, 3.8) is 0 Å². The van der Waals surface area contributed by atoms with Gasteiger partial charge in [0, 0.05) is 0 Å². The van der Waals surface area contributed by atoms with Crippen LogP contribution in [0.3, 0.4) is 0 Å². The third kappa shape index (κ3) is 12.2. The van der Waals surface area contributed by atoms with Crippen molar-refractivity contribution in [2.24, 2.45) is 0 Å². The van der Waals surface area contributed by atoms with Crippen LogP contribution in [-0.2, 0) is 0 Å². The summed E-state index contributed by atoms with van der Waals surface area (Å²) in [5.41, 5.74) is 0. The number of hydrogen-bond acceptors (Lipinski definition) is 0. The van der Waals surface area contributed by atoms with Gasteiger partial charge in [-0.2, -0.15) is 0 Å². The third-order valence-electron chi connectivity index (χ3n) is 3.73. The van der Waals surface area contributed by atoms with Crippen LogP contribution in [0.1, 0.15) is 78.1 Å². The highest BCUT2D eigenvalue weighted by molar-refractivity contribution is 4.46. The van der Waals surface area contributed by atoms with Gasteiger partial charge in [0.15, 0.2) is 0 Å². The average molecular weight is 242 g/mol. The summed E-state index contributed by atoms with van der Waals surface area (Å²) in [6, 6.07) is 0. The number of unbranched alkanes of at least 4 members (excludes halogenated alkanes) is 8. The normalized spacial score (nSPS) is 12.0. The van der Waals surface area contributed by atoms with E-state index >= 15 is 0 Å². The molecule has 0 aromatic heterocycles. The Morgan fingerprint density at radius 2 is 0.941 bits per heavy atom. The van der Waals surface area contributed by atoms with E-state index in [1.54, 1.807) is 0 Å². The highest BCUT2D eigenvalue weighted by atomic mass is 15.3. The predicted molar refractivity (Wildman–Crippen MR) is 79.4 cm³/mol. The summed E-state index contributed by atoms with van der Waals surface area (Å²) in [4.78, 5) is 0. The molecular formula is C16H36N+. The van der Waals surface area contributed by atoms with Crippen LogP contribution in [0.2, 0.25) is 0 Å². The molecule has 0 unspecified atom stereocenters. The van der Waals surface area contributed by atoms with E-state index in [9.17, 15) is 0 Å². The smallest absolute Gasteiger partial charge is 0.0782 e. The summed E-state index contributed by atoms with van der Waals surface area (Å²) in [6.45, 7) is 7.30. The first kappa shape index (κ1) is 17.0. The Morgan fingerprint density at radius 1 is 0.529 bits per heavy atom. The molecule has 0 aromatic rings. The van der Waals surface area contributed by atoms with Crippen LogP contribution < -0.4 is 0 Å². The summed E-state index contributed by atoms with van der Waals surface area (Å²) in [5, 5.41) is 0. The second-order valence-electron chi connectivity index (χ2n) is 6.21. The first-order valence-corrected chi connectivity index (χ1v) is 7.94. The fourth-order valence-corrected chi connectivity index (χ4v) is 2.37. The van der Waals surface area contributed by atoms with Gasteiger partial charge in [0.25, 0.3) is 0 Å². The van der Waals surface area contributed by atoms with E-state index in [4.69, 9.17) is 0 Å². The van der Waals surface area contributed by atoms with Crippen molar-refractivity contribution in [2.45, 2.75) is 78.1 Å². The zero-order valence-corrected chi connectivity index (χ0v) is 12.9. The van der Waals surface area contributed by atoms with Crippen LogP contribution in [0.4, 0.5) is 0 Å². The Morgan fingerprint density at radius 3 is 1.47 bits per heavy atom. The van der Waals surface area contributed by atoms with Gasteiger partial charge in [-0.25, -0.2) is 0 Å². The number of rotatable bonds is 12. The molecule has 1 nitrogen and oxygen atoms in total. The molecule has 0 radical (unpaired) electrons. The van der Waals surface area contributed by atoms with Crippen molar-refractivity contribution in [2.75, 3.05) is 27.2 Å². The number of nitrogens with zero attached hydrogens (tertiary/aromatic N) is 1. The molecule has 0 aromatic carbocycles. The van der Waals surface area contributed by atoms with Gasteiger partial charge in [-0.15, -0.1) is 0 Å². The Labute approximate surface area is 110 Å². The number of hydrogen-bond donors (Lipinski definition) is 0. The summed E-state index contributed by atoms with van der Waals surface area (Å²) in [6.07, 6.45) is 14.2. The van der Waals surface area contributed by atoms with Crippen molar-refractivity contribution < 1.29 is 4.48 Å². The lowest BCUT2D eigenvalue weighted by molar-refractivity contribution is -0.890. The van der Waals surface area contributed by atoms with E-state index < -0.39 is 0 Å². The van der Waals surface area contributed by atoms with E-state index in [1.807, 2.05) is 0 Å². The lowest BCUT2D eigenvalue weighted by Gasteiger charge is -2.29. The van der Waals surface area contributed by atoms with Gasteiger partial charge < -0.3 is 4.48 Å². The van der Waals surface area contributed by atoms with Gasteiger partial charge >= 0.3 is 0 Å². The molecule has 0 rings (SSSR count). The van der Waals surface area contributed by atoms with E-state index in [2.05, 4.69) is 27.9 Å². The molecule has 0 N–H and O–H groups in total. The van der Waals surface area contributed by atoms with Gasteiger partial charge in [0.1, 0.15) is 0 Å². The summed E-state index contributed by atoms with van der Waals surface area (Å²) >= 11 is 0. The SMILES string of the molecule is CCCCCCCCCC[N+](C)(C)CCCC. The number of quaternary nitrogens is 1. The van der Waals surface area contributed by atoms with Crippen molar-refractivity contribution in [3.05, 3.63) is 0 Å². The molecule has 17 heavy (non-hydrogen) atoms. The van der Waals surface area contributed by atoms with Gasteiger partial charge in [-0.05, 0) is 19.3 Å². The maximum atomic E-state index is 2.39. The second kappa shape index (κ2) is 11.1. The minimum absolute atomic E-state index is 1.23. The molecule has 0 bridgehead atoms. The van der Waals surface area contributed by atoms with Crippen molar-refractivity contribution in [1.82, 2.24) is 0 Å². The molecule has 0 heterocycles. The fraction of sp³-hybridized carbons (Fsp3) is 1.00. The van der Waals surface area contributed by atoms with E-state index in [0.717, 1.165) is 0 Å². The Kier molecular flexibility index (Phi) is 11.0. The fourth-order valence-electron chi connectivity index (χ4n) is 2.37. The summed E-state index contributed by atoms with van der Waals surface area (Å²) in [5.74, 6) is 0. The Hall–Kier alpha value is -0.0400. The minimum atomic E-state index is 1.23. The molecule has 0 amide bonds. The Balaban J connectivity index is 3.26. The second-order valence-corrected chi connectivity index (χ2v) is 6.21. The van der Waals surface area contributed by atoms with Crippen LogP contribution in [0, 0.1) is 0 Å². The molecule has 0 fully saturated rings. The first-order valence-electron chi connectivity index (χ1n) is 7.94. The van der Waals surface area contributed by atoms with Gasteiger partial charge in [-0.3, -0.25) is 0 Å². The van der Waals surface area contributed by atoms with Gasteiger partial charge in [0.05, 0.1) is 27.2 Å². The van der Waals surface area contributed by atoms with Crippen LogP contribution in [-0.4, -0.2) is 31.7 Å². The maximum Gasteiger partial charge on any atom is 0.0782 e. The summed E-state index contributed by atoms with van der Waals surface area (Å²) in [7, 11) is 4.77. The van der Waals surface area contributed by atoms with E-state index in [1.165, 1.54) is 81.8 Å². The molecule has 0 aliphatic carbocycles. The van der Waals surface area contributed by atoms with Crippen LogP contribution in [0.15, 0.2) is 0 Å². The summed E-state index contributed by atoms with van der Waals surface area (Å²) < 4.78 is 1.23. The molecule has 0 saturated carbocycles. The minimum Gasteiger partial charge on any atom is -0.328 e. The van der Waals surface area contributed by atoms with Crippen molar-refractivity contribution >= 4 is 0 Å². The predicted octanol–water partition coefficient (Wildman–Crippen LogP) is 5.00. The highest BCUT2D eigenvalue weighted by Crippen LogP contribution is 2.10. The lowest BCUT2D eigenvalue weighted by atomic mass is 10.1. The zero-order chi connectivity index (χ0) is 13.0. The van der Waals surface area contributed by atoms with Crippen LogP contribution >= 0.6 is 0 Å². The van der Waals surface area contributed by atoms with E-state index in [0.29, 0.717) is 0 Å². The zero-order valence-electron chi connectivity index (χ0n) is 12.9. The molecule has 0 saturated heterocycles. The highest BCUT2D eigenvalue weighted by Gasteiger charge is 2.12. The molecular weight excluding hydrogens is 206 g/mol. The Bertz CT molecular complexity index is 152. The molecule has 0 atom stereocenters. The van der Waals surface area contributed by atoms with Crippen molar-refractivity contribution in [3.8, 4) is 0 Å². The van der Waals surface area contributed by atoms with Crippen LogP contribution in [0.25, 0.3) is 0 Å². The quantitative estimate of drug-likeness (QED) is 0.333. The monoisotopic (exact) mass is 242 g/mol. The van der Waals surface area contributed by atoms with Gasteiger partial charge in [0.2, 0.25) is 0 Å². The van der Waals surface area contributed by atoms with E-state index in [-0.39, 0.29) is 0 Å². The van der Waals surface area contributed by atoms with Crippen molar-refractivity contribution in [1.29, 1.82) is 0 Å². The molecule has 0 aliphatic heterocycles. The molecule has 0 spiro atoms. The molecule has 0 aliphatic rings. The molecule has 1 heteroatoms. The average Bonchev–Trinajstić information content (AvgIpc) is 2.30. The van der Waals surface area contributed by atoms with Crippen LogP contribution in [0.5, 0.6) is 0 Å². The van der Waals surface area contributed by atoms with Gasteiger partial charge in [-0.1, -0.05) is 58.8 Å². The third-order valence-corrected chi connectivity index (χ3v) is 3.73. The topological polar surface area (TPSA) is 0 Å². The first-order chi connectivity index (χ1) is 8.12. The standard InChI is InChI=1S/C16H36N/c1-5-7-9-10-11-12-13-14-16-17(3,4)15-8-6-2/h5-16H2,1-4H3/q+1. The molecule has 104 valence electrons. The maximum absolute atomic E-state index is 2.39.